The summed E-state index contributed by atoms with van der Waals surface area (Å²) in [4.78, 5) is 45.9. The molecule has 0 aromatic rings. The van der Waals surface area contributed by atoms with E-state index in [1.165, 1.54) is 0 Å². The van der Waals surface area contributed by atoms with Gasteiger partial charge < -0.3 is 27.2 Å². The van der Waals surface area contributed by atoms with Gasteiger partial charge in [0.15, 0.2) is 0 Å². The molecule has 0 saturated heterocycles. The molecule has 126 valence electrons. The predicted molar refractivity (Wildman–Crippen MR) is 82.0 cm³/mol. The molecule has 0 rings (SSSR count). The van der Waals surface area contributed by atoms with Crippen LogP contribution in [-0.2, 0) is 19.2 Å². The molecule has 0 aliphatic rings. The normalized spacial score (nSPS) is 14.8. The van der Waals surface area contributed by atoms with Crippen LogP contribution in [0.5, 0.6) is 0 Å². The van der Waals surface area contributed by atoms with Crippen LogP contribution in [0.4, 0.5) is 0 Å². The summed E-state index contributed by atoms with van der Waals surface area (Å²) in [5.41, 5.74) is 10.5. The van der Waals surface area contributed by atoms with Gasteiger partial charge >= 0.3 is 5.97 Å². The molecule has 10 heteroatoms. The number of thiol groups is 1. The van der Waals surface area contributed by atoms with E-state index in [0.717, 1.165) is 0 Å². The largest absolute Gasteiger partial charge is 0.480 e. The summed E-state index contributed by atoms with van der Waals surface area (Å²) in [7, 11) is 0. The van der Waals surface area contributed by atoms with Crippen LogP contribution in [0.2, 0.25) is 0 Å². The lowest BCUT2D eigenvalue weighted by atomic mass is 10.0. The van der Waals surface area contributed by atoms with Crippen LogP contribution in [0, 0.1) is 5.92 Å². The Morgan fingerprint density at radius 3 is 2.05 bits per heavy atom. The number of primary amides is 1. The van der Waals surface area contributed by atoms with Crippen molar-refractivity contribution in [1.82, 2.24) is 10.6 Å². The van der Waals surface area contributed by atoms with E-state index in [1.54, 1.807) is 13.8 Å². The van der Waals surface area contributed by atoms with Crippen LogP contribution in [0.25, 0.3) is 0 Å². The zero-order valence-electron chi connectivity index (χ0n) is 12.4. The number of hydrogen-bond donors (Lipinski definition) is 6. The summed E-state index contributed by atoms with van der Waals surface area (Å²) in [5.74, 6) is -3.89. The molecule has 0 saturated carbocycles. The van der Waals surface area contributed by atoms with Crippen molar-refractivity contribution < 1.29 is 24.3 Å². The number of hydrogen-bond acceptors (Lipinski definition) is 6. The number of aliphatic carboxylic acids is 1. The van der Waals surface area contributed by atoms with Gasteiger partial charge in [-0.3, -0.25) is 14.4 Å². The van der Waals surface area contributed by atoms with Gasteiger partial charge in [0.2, 0.25) is 17.7 Å². The molecular weight excluding hydrogens is 312 g/mol. The van der Waals surface area contributed by atoms with Crippen LogP contribution in [0.3, 0.4) is 0 Å². The van der Waals surface area contributed by atoms with E-state index in [9.17, 15) is 19.2 Å². The molecule has 0 aliphatic carbocycles. The second-order valence-electron chi connectivity index (χ2n) is 5.09. The summed E-state index contributed by atoms with van der Waals surface area (Å²) in [6, 6.07) is -3.42. The maximum absolute atomic E-state index is 12.1. The topological polar surface area (TPSA) is 165 Å². The molecule has 0 aromatic carbocycles. The Kier molecular flexibility index (Phi) is 8.50. The van der Waals surface area contributed by atoms with E-state index >= 15 is 0 Å². The van der Waals surface area contributed by atoms with Crippen molar-refractivity contribution in [2.45, 2.75) is 38.4 Å². The molecule has 0 heterocycles. The number of amides is 3. The van der Waals surface area contributed by atoms with Crippen molar-refractivity contribution in [2.75, 3.05) is 5.75 Å². The summed E-state index contributed by atoms with van der Waals surface area (Å²) >= 11 is 3.85. The molecule has 3 amide bonds. The number of nitrogens with two attached hydrogens (primary N) is 2. The van der Waals surface area contributed by atoms with Gasteiger partial charge in [0.1, 0.15) is 12.1 Å². The van der Waals surface area contributed by atoms with Gasteiger partial charge in [-0.2, -0.15) is 12.6 Å². The summed E-state index contributed by atoms with van der Waals surface area (Å²) < 4.78 is 0. The Balaban J connectivity index is 5.01. The number of rotatable bonds is 9. The van der Waals surface area contributed by atoms with E-state index in [4.69, 9.17) is 16.6 Å². The third kappa shape index (κ3) is 6.76. The van der Waals surface area contributed by atoms with Gasteiger partial charge in [0.05, 0.1) is 12.5 Å². The second kappa shape index (κ2) is 9.26. The molecule has 3 atom stereocenters. The Bertz CT molecular complexity index is 443. The average Bonchev–Trinajstić information content (AvgIpc) is 2.41. The van der Waals surface area contributed by atoms with Crippen molar-refractivity contribution in [3.8, 4) is 0 Å². The van der Waals surface area contributed by atoms with Crippen LogP contribution in [-0.4, -0.2) is 52.7 Å². The maximum Gasteiger partial charge on any atom is 0.326 e. The molecule has 0 radical (unpaired) electrons. The van der Waals surface area contributed by atoms with Crippen molar-refractivity contribution >= 4 is 36.3 Å². The first-order valence-electron chi connectivity index (χ1n) is 6.58. The van der Waals surface area contributed by atoms with Crippen LogP contribution in [0.1, 0.15) is 20.3 Å². The highest BCUT2D eigenvalue weighted by Gasteiger charge is 2.30. The summed E-state index contributed by atoms with van der Waals surface area (Å²) in [5, 5.41) is 13.6. The number of carboxylic acid groups (broad SMARTS) is 1. The highest BCUT2D eigenvalue weighted by molar-refractivity contribution is 7.80. The third-order valence-corrected chi connectivity index (χ3v) is 3.20. The Morgan fingerprint density at radius 2 is 1.68 bits per heavy atom. The zero-order valence-corrected chi connectivity index (χ0v) is 13.3. The minimum absolute atomic E-state index is 0.0422. The lowest BCUT2D eigenvalue weighted by Gasteiger charge is -2.23. The number of nitrogens with one attached hydrogen (secondary N) is 2. The molecule has 3 unspecified atom stereocenters. The first-order chi connectivity index (χ1) is 10.1. The van der Waals surface area contributed by atoms with Gasteiger partial charge in [-0.25, -0.2) is 4.79 Å². The van der Waals surface area contributed by atoms with Gasteiger partial charge in [0, 0.05) is 5.75 Å². The van der Waals surface area contributed by atoms with Crippen molar-refractivity contribution in [3.63, 3.8) is 0 Å². The van der Waals surface area contributed by atoms with Gasteiger partial charge in [-0.15, -0.1) is 0 Å². The Hall–Kier alpha value is -1.81. The molecule has 0 bridgehead atoms. The minimum atomic E-state index is -1.29. The van der Waals surface area contributed by atoms with Crippen molar-refractivity contribution in [2.24, 2.45) is 17.4 Å². The lowest BCUT2D eigenvalue weighted by molar-refractivity contribution is -0.143. The first kappa shape index (κ1) is 20.2. The summed E-state index contributed by atoms with van der Waals surface area (Å²) in [6.07, 6.45) is -0.471. The first-order valence-corrected chi connectivity index (χ1v) is 7.21. The predicted octanol–water partition coefficient (Wildman–Crippen LogP) is -2.17. The molecule has 0 spiro atoms. The molecule has 0 aliphatic heterocycles. The quantitative estimate of drug-likeness (QED) is 0.263. The zero-order chi connectivity index (χ0) is 17.4. The monoisotopic (exact) mass is 334 g/mol. The number of carbonyl (C=O) groups is 4. The van der Waals surface area contributed by atoms with Gasteiger partial charge in [-0.1, -0.05) is 13.8 Å². The molecule has 7 N–H and O–H groups in total. The standard InChI is InChI=1S/C12H22N4O5S/c1-5(2)9(12(20)21)16-11(19)7(3-8(14)17)15-10(18)6(13)4-22/h5-7,9,22H,3-4,13H2,1-2H3,(H2,14,17)(H,15,18)(H,16,19)(H,20,21). The van der Waals surface area contributed by atoms with Crippen LogP contribution < -0.4 is 22.1 Å². The molecule has 22 heavy (non-hydrogen) atoms. The van der Waals surface area contributed by atoms with E-state index in [2.05, 4.69) is 23.3 Å². The smallest absolute Gasteiger partial charge is 0.326 e. The third-order valence-electron chi connectivity index (χ3n) is 2.80. The number of carboxylic acids is 1. The van der Waals surface area contributed by atoms with E-state index in [1.807, 2.05) is 0 Å². The molecular formula is C12H22N4O5S. The Labute approximate surface area is 133 Å². The summed E-state index contributed by atoms with van der Waals surface area (Å²) in [6.45, 7) is 3.22. The Morgan fingerprint density at radius 1 is 1.14 bits per heavy atom. The average molecular weight is 334 g/mol. The fourth-order valence-corrected chi connectivity index (χ4v) is 1.71. The molecule has 9 nitrogen and oxygen atoms in total. The van der Waals surface area contributed by atoms with Gasteiger partial charge in [-0.05, 0) is 5.92 Å². The minimum Gasteiger partial charge on any atom is -0.480 e. The molecule has 0 aromatic heterocycles. The van der Waals surface area contributed by atoms with Crippen LogP contribution >= 0.6 is 12.6 Å². The second-order valence-corrected chi connectivity index (χ2v) is 5.45. The van der Waals surface area contributed by atoms with E-state index in [0.29, 0.717) is 0 Å². The van der Waals surface area contributed by atoms with Crippen molar-refractivity contribution in [1.29, 1.82) is 0 Å². The van der Waals surface area contributed by atoms with Crippen LogP contribution in [0.15, 0.2) is 0 Å². The van der Waals surface area contributed by atoms with E-state index < -0.39 is 48.2 Å². The highest BCUT2D eigenvalue weighted by Crippen LogP contribution is 2.03. The number of carbonyl (C=O) groups excluding carboxylic acids is 3. The van der Waals surface area contributed by atoms with E-state index in [-0.39, 0.29) is 11.7 Å². The lowest BCUT2D eigenvalue weighted by Crippen LogP contribution is -2.56. The molecule has 0 fully saturated rings. The SMILES string of the molecule is CC(C)C(NC(=O)C(CC(N)=O)NC(=O)C(N)CS)C(=O)O. The highest BCUT2D eigenvalue weighted by atomic mass is 32.1. The van der Waals surface area contributed by atoms with Crippen molar-refractivity contribution in [3.05, 3.63) is 0 Å². The van der Waals surface area contributed by atoms with Gasteiger partial charge in [0.25, 0.3) is 0 Å². The maximum atomic E-state index is 12.1. The fourth-order valence-electron chi connectivity index (χ4n) is 1.54. The fraction of sp³-hybridized carbons (Fsp3) is 0.667.